The molecular formula is C32H34N2O2. The minimum Gasteiger partial charge on any atom is -0.357 e. The molecule has 4 heteroatoms. The number of unbranched alkanes of at least 4 members (excludes halogenated alkanes) is 2. The number of para-hydroxylation sites is 2. The number of fused-ring (bicyclic) bond motifs is 1. The van der Waals surface area contributed by atoms with Crippen LogP contribution in [0.5, 0.6) is 0 Å². The number of carbonyl (C=O) groups excluding carboxylic acids is 2. The third kappa shape index (κ3) is 4.73. The van der Waals surface area contributed by atoms with Gasteiger partial charge in [-0.05, 0) is 48.9 Å². The van der Waals surface area contributed by atoms with Crippen molar-refractivity contribution < 1.29 is 9.59 Å². The number of Topliss-reactive ketones (excluding diaryl/α,β-unsaturated/α-hetero) is 1. The molecule has 0 unspecified atom stereocenters. The first kappa shape index (κ1) is 24.1. The topological polar surface area (TPSA) is 49.4 Å². The number of ketones is 1. The van der Waals surface area contributed by atoms with Crippen molar-refractivity contribution in [1.29, 1.82) is 0 Å². The summed E-state index contributed by atoms with van der Waals surface area (Å²) in [6.45, 7) is 4.22. The van der Waals surface area contributed by atoms with Crippen molar-refractivity contribution in [3.8, 4) is 0 Å². The van der Waals surface area contributed by atoms with E-state index in [0.717, 1.165) is 53.9 Å². The second-order valence-corrected chi connectivity index (χ2v) is 10.0. The van der Waals surface area contributed by atoms with E-state index in [2.05, 4.69) is 43.4 Å². The Labute approximate surface area is 214 Å². The van der Waals surface area contributed by atoms with E-state index in [9.17, 15) is 9.59 Å². The summed E-state index contributed by atoms with van der Waals surface area (Å²) in [6.07, 6.45) is 4.57. The van der Waals surface area contributed by atoms with Crippen molar-refractivity contribution in [2.75, 3.05) is 10.2 Å². The monoisotopic (exact) mass is 478 g/mol. The molecule has 36 heavy (non-hydrogen) atoms. The first-order valence-electron chi connectivity index (χ1n) is 13.1. The lowest BCUT2D eigenvalue weighted by molar-refractivity contribution is -0.119. The minimum atomic E-state index is -0.446. The summed E-state index contributed by atoms with van der Waals surface area (Å²) in [7, 11) is 0. The number of carbonyl (C=O) groups is 2. The molecule has 1 heterocycles. The van der Waals surface area contributed by atoms with Gasteiger partial charge in [0, 0.05) is 24.1 Å². The zero-order valence-electron chi connectivity index (χ0n) is 21.2. The highest BCUT2D eigenvalue weighted by atomic mass is 16.2. The highest BCUT2D eigenvalue weighted by molar-refractivity contribution is 6.06. The predicted octanol–water partition coefficient (Wildman–Crippen LogP) is 7.48. The second-order valence-electron chi connectivity index (χ2n) is 10.0. The van der Waals surface area contributed by atoms with Gasteiger partial charge in [-0.1, -0.05) is 92.1 Å². The maximum absolute atomic E-state index is 14.0. The van der Waals surface area contributed by atoms with Crippen molar-refractivity contribution in [3.05, 3.63) is 107 Å². The summed E-state index contributed by atoms with van der Waals surface area (Å²) in [5.74, 6) is 0.288. The van der Waals surface area contributed by atoms with E-state index in [-0.39, 0.29) is 17.6 Å². The van der Waals surface area contributed by atoms with Crippen LogP contribution in [0.3, 0.4) is 0 Å². The number of hydrogen-bond acceptors (Lipinski definition) is 3. The second kappa shape index (κ2) is 10.5. The van der Waals surface area contributed by atoms with Gasteiger partial charge in [-0.2, -0.15) is 0 Å². The predicted molar refractivity (Wildman–Crippen MR) is 146 cm³/mol. The molecule has 1 aliphatic heterocycles. The highest BCUT2D eigenvalue weighted by Crippen LogP contribution is 2.47. The molecule has 5 rings (SSSR count). The van der Waals surface area contributed by atoms with Crippen LogP contribution in [-0.4, -0.2) is 11.7 Å². The molecule has 0 radical (unpaired) electrons. The van der Waals surface area contributed by atoms with Crippen molar-refractivity contribution in [1.82, 2.24) is 0 Å². The molecule has 0 bridgehead atoms. The van der Waals surface area contributed by atoms with Gasteiger partial charge in [0.15, 0.2) is 5.78 Å². The van der Waals surface area contributed by atoms with Gasteiger partial charge < -0.3 is 5.32 Å². The number of benzene rings is 3. The zero-order valence-corrected chi connectivity index (χ0v) is 21.2. The normalized spacial score (nSPS) is 19.3. The fourth-order valence-electron chi connectivity index (χ4n) is 5.54. The van der Waals surface area contributed by atoms with E-state index in [1.165, 1.54) is 11.1 Å². The third-order valence-corrected chi connectivity index (χ3v) is 7.42. The molecule has 1 aliphatic carbocycles. The molecule has 0 saturated carbocycles. The van der Waals surface area contributed by atoms with Crippen LogP contribution >= 0.6 is 0 Å². The molecule has 0 fully saturated rings. The van der Waals surface area contributed by atoms with E-state index in [0.29, 0.717) is 12.8 Å². The Morgan fingerprint density at radius 1 is 0.889 bits per heavy atom. The van der Waals surface area contributed by atoms with Gasteiger partial charge in [0.1, 0.15) is 0 Å². The van der Waals surface area contributed by atoms with Crippen LogP contribution in [0.1, 0.15) is 74.1 Å². The minimum absolute atomic E-state index is 0.0637. The van der Waals surface area contributed by atoms with Gasteiger partial charge in [-0.25, -0.2) is 0 Å². The number of allylic oxidation sites excluding steroid dienone is 1. The van der Waals surface area contributed by atoms with Gasteiger partial charge in [0.05, 0.1) is 17.4 Å². The van der Waals surface area contributed by atoms with Crippen LogP contribution in [0.4, 0.5) is 11.4 Å². The average molecular weight is 479 g/mol. The molecule has 0 aromatic heterocycles. The van der Waals surface area contributed by atoms with Gasteiger partial charge in [-0.15, -0.1) is 0 Å². The molecular weight excluding hydrogens is 444 g/mol. The lowest BCUT2D eigenvalue weighted by atomic mass is 9.78. The van der Waals surface area contributed by atoms with E-state index in [4.69, 9.17) is 0 Å². The van der Waals surface area contributed by atoms with Crippen LogP contribution < -0.4 is 10.2 Å². The fourth-order valence-corrected chi connectivity index (χ4v) is 5.54. The Morgan fingerprint density at radius 3 is 2.36 bits per heavy atom. The Morgan fingerprint density at radius 2 is 1.61 bits per heavy atom. The molecule has 3 aromatic carbocycles. The first-order chi connectivity index (χ1) is 17.6. The molecule has 4 nitrogen and oxygen atoms in total. The zero-order chi connectivity index (χ0) is 25.1. The third-order valence-electron chi connectivity index (χ3n) is 7.42. The summed E-state index contributed by atoms with van der Waals surface area (Å²) in [5, 5.41) is 3.62. The summed E-state index contributed by atoms with van der Waals surface area (Å²) in [4.78, 5) is 29.7. The Balaban J connectivity index is 1.64. The maximum atomic E-state index is 14.0. The Kier molecular flexibility index (Phi) is 7.04. The van der Waals surface area contributed by atoms with E-state index in [1.54, 1.807) is 0 Å². The summed E-state index contributed by atoms with van der Waals surface area (Å²) >= 11 is 0. The van der Waals surface area contributed by atoms with Crippen LogP contribution in [0.25, 0.3) is 0 Å². The first-order valence-corrected chi connectivity index (χ1v) is 13.1. The van der Waals surface area contributed by atoms with Crippen molar-refractivity contribution in [2.45, 2.75) is 64.3 Å². The van der Waals surface area contributed by atoms with E-state index >= 15 is 0 Å². The highest BCUT2D eigenvalue weighted by Gasteiger charge is 2.41. The number of nitrogens with one attached hydrogen (secondary N) is 1. The smallest absolute Gasteiger partial charge is 0.227 e. The van der Waals surface area contributed by atoms with Crippen LogP contribution in [0, 0.1) is 6.92 Å². The standard InChI is InChI=1S/C32H34N2O2/c1-3-4-6-15-30(36)34-28-14-10-9-13-26(28)33-27-20-25(23-18-16-22(2)17-19-23)21-29(35)31(27)32(34)24-11-7-5-8-12-24/h5,7-14,16-19,25,32-33H,3-4,6,15,20-21H2,1-2H3/t25-,32+/m1/s1. The molecule has 0 saturated heterocycles. The van der Waals surface area contributed by atoms with Gasteiger partial charge >= 0.3 is 0 Å². The fraction of sp³-hybridized carbons (Fsp3) is 0.312. The average Bonchev–Trinajstić information content (AvgIpc) is 3.04. The maximum Gasteiger partial charge on any atom is 0.227 e. The SMILES string of the molecule is CCCCCC(=O)N1c2ccccc2NC2=C(C(=O)C[C@H](c3ccc(C)cc3)C2)[C@@H]1c1ccccc1. The molecule has 3 aromatic rings. The van der Waals surface area contributed by atoms with Crippen LogP contribution in [0.15, 0.2) is 90.1 Å². The van der Waals surface area contributed by atoms with Gasteiger partial charge in [0.25, 0.3) is 0 Å². The number of amides is 1. The van der Waals surface area contributed by atoms with E-state index in [1.807, 2.05) is 59.5 Å². The molecule has 0 spiro atoms. The van der Waals surface area contributed by atoms with Crippen molar-refractivity contribution >= 4 is 23.1 Å². The van der Waals surface area contributed by atoms with Crippen LogP contribution in [-0.2, 0) is 9.59 Å². The lowest BCUT2D eigenvalue weighted by Gasteiger charge is -2.35. The summed E-state index contributed by atoms with van der Waals surface area (Å²) in [6, 6.07) is 26.1. The number of hydrogen-bond donors (Lipinski definition) is 1. The molecule has 1 N–H and O–H groups in total. The summed E-state index contributed by atoms with van der Waals surface area (Å²) in [5.41, 5.74) is 6.74. The van der Waals surface area contributed by atoms with Gasteiger partial charge in [-0.3, -0.25) is 14.5 Å². The quantitative estimate of drug-likeness (QED) is 0.374. The van der Waals surface area contributed by atoms with Crippen molar-refractivity contribution in [3.63, 3.8) is 0 Å². The lowest BCUT2D eigenvalue weighted by Crippen LogP contribution is -2.38. The largest absolute Gasteiger partial charge is 0.357 e. The number of aryl methyl sites for hydroxylation is 1. The number of nitrogens with zero attached hydrogens (tertiary/aromatic N) is 1. The van der Waals surface area contributed by atoms with Crippen molar-refractivity contribution in [2.24, 2.45) is 0 Å². The number of rotatable bonds is 6. The molecule has 2 aliphatic rings. The van der Waals surface area contributed by atoms with E-state index < -0.39 is 6.04 Å². The van der Waals surface area contributed by atoms with Gasteiger partial charge in [0.2, 0.25) is 5.91 Å². The molecule has 2 atom stereocenters. The molecule has 184 valence electrons. The Bertz CT molecular complexity index is 1280. The summed E-state index contributed by atoms with van der Waals surface area (Å²) < 4.78 is 0. The Hall–Kier alpha value is -3.66. The van der Waals surface area contributed by atoms with Crippen LogP contribution in [0.2, 0.25) is 0 Å². The number of anilines is 2. The molecule has 1 amide bonds.